The van der Waals surface area contributed by atoms with Gasteiger partial charge in [0, 0.05) is 11.4 Å². The number of benzene rings is 1. The smallest absolute Gasteiger partial charge is 0.182 e. The lowest BCUT2D eigenvalue weighted by molar-refractivity contribution is -0.263. The highest BCUT2D eigenvalue weighted by atomic mass is 35.5. The lowest BCUT2D eigenvalue weighted by Crippen LogP contribution is -2.11. The molecule has 0 spiro atoms. The normalized spacial score (nSPS) is 12.1. The molecule has 1 aromatic carbocycles. The van der Waals surface area contributed by atoms with Crippen LogP contribution < -0.4 is 0 Å². The molecule has 0 aromatic heterocycles. The van der Waals surface area contributed by atoms with Gasteiger partial charge in [0.15, 0.2) is 6.10 Å². The van der Waals surface area contributed by atoms with Crippen molar-refractivity contribution in [2.45, 2.75) is 12.5 Å². The average Bonchev–Trinajstić information content (AvgIpc) is 2.17. The van der Waals surface area contributed by atoms with Gasteiger partial charge in [0.05, 0.1) is 6.07 Å². The molecule has 0 amide bonds. The fraction of sp³-hybridized carbons (Fsp3) is 0.222. The van der Waals surface area contributed by atoms with Crippen molar-refractivity contribution >= 4 is 11.6 Å². The molecule has 0 saturated carbocycles. The second kappa shape index (κ2) is 4.83. The SMILES string of the molecule is N#C[C@H](Cc1ccc(Cl)cc1)OO. The topological polar surface area (TPSA) is 53.2 Å². The van der Waals surface area contributed by atoms with Crippen molar-refractivity contribution in [3.8, 4) is 6.07 Å². The van der Waals surface area contributed by atoms with Crippen LogP contribution in [0.2, 0.25) is 5.02 Å². The summed E-state index contributed by atoms with van der Waals surface area (Å²) in [6.45, 7) is 0. The molecular weight excluding hydrogens is 190 g/mol. The molecule has 0 radical (unpaired) electrons. The van der Waals surface area contributed by atoms with Crippen molar-refractivity contribution in [2.75, 3.05) is 0 Å². The Morgan fingerprint density at radius 3 is 2.54 bits per heavy atom. The Kier molecular flexibility index (Phi) is 3.71. The quantitative estimate of drug-likeness (QED) is 0.598. The lowest BCUT2D eigenvalue weighted by atomic mass is 10.1. The molecule has 0 aliphatic rings. The minimum atomic E-state index is -0.818. The third kappa shape index (κ3) is 3.03. The summed E-state index contributed by atoms with van der Waals surface area (Å²) in [7, 11) is 0. The molecule has 1 atom stereocenters. The van der Waals surface area contributed by atoms with Crippen LogP contribution in [0.3, 0.4) is 0 Å². The maximum absolute atomic E-state index is 8.48. The summed E-state index contributed by atoms with van der Waals surface area (Å²) in [5.41, 5.74) is 0.894. The van der Waals surface area contributed by atoms with Crippen LogP contribution in [0.25, 0.3) is 0 Å². The van der Waals surface area contributed by atoms with Crippen molar-refractivity contribution < 1.29 is 10.1 Å². The summed E-state index contributed by atoms with van der Waals surface area (Å²) in [5, 5.41) is 17.4. The summed E-state index contributed by atoms with van der Waals surface area (Å²) >= 11 is 5.67. The third-order valence-corrected chi connectivity index (χ3v) is 1.86. The number of hydrogen-bond donors (Lipinski definition) is 1. The fourth-order valence-electron chi connectivity index (χ4n) is 0.941. The van der Waals surface area contributed by atoms with Gasteiger partial charge in [0.25, 0.3) is 0 Å². The Hall–Kier alpha value is -1.08. The molecule has 1 rings (SSSR count). The first kappa shape index (κ1) is 10.0. The zero-order valence-corrected chi connectivity index (χ0v) is 7.53. The van der Waals surface area contributed by atoms with Gasteiger partial charge in [-0.3, -0.25) is 5.26 Å². The third-order valence-electron chi connectivity index (χ3n) is 1.61. The zero-order chi connectivity index (χ0) is 9.68. The molecule has 4 heteroatoms. The lowest BCUT2D eigenvalue weighted by Gasteiger charge is -2.04. The molecule has 0 unspecified atom stereocenters. The van der Waals surface area contributed by atoms with Crippen LogP contribution in [0.1, 0.15) is 5.56 Å². The van der Waals surface area contributed by atoms with Crippen LogP contribution in [-0.2, 0) is 11.3 Å². The molecule has 0 aliphatic heterocycles. The Labute approximate surface area is 81.1 Å². The van der Waals surface area contributed by atoms with E-state index in [9.17, 15) is 0 Å². The van der Waals surface area contributed by atoms with E-state index in [1.165, 1.54) is 0 Å². The predicted octanol–water partition coefficient (Wildman–Crippen LogP) is 2.26. The molecule has 1 aromatic rings. The highest BCUT2D eigenvalue weighted by Crippen LogP contribution is 2.11. The van der Waals surface area contributed by atoms with E-state index in [-0.39, 0.29) is 0 Å². The van der Waals surface area contributed by atoms with Gasteiger partial charge in [-0.25, -0.2) is 4.89 Å². The monoisotopic (exact) mass is 197 g/mol. The molecule has 0 heterocycles. The Bertz CT molecular complexity index is 304. The van der Waals surface area contributed by atoms with E-state index in [2.05, 4.69) is 4.89 Å². The predicted molar refractivity (Wildman–Crippen MR) is 48.3 cm³/mol. The van der Waals surface area contributed by atoms with E-state index in [1.807, 2.05) is 6.07 Å². The summed E-state index contributed by atoms with van der Waals surface area (Å²) < 4.78 is 0. The number of hydrogen-bond acceptors (Lipinski definition) is 3. The molecule has 0 aliphatic carbocycles. The zero-order valence-electron chi connectivity index (χ0n) is 6.77. The Balaban J connectivity index is 2.64. The second-order valence-corrected chi connectivity index (χ2v) is 2.99. The maximum atomic E-state index is 8.48. The van der Waals surface area contributed by atoms with Crippen LogP contribution in [0.4, 0.5) is 0 Å². The van der Waals surface area contributed by atoms with E-state index in [1.54, 1.807) is 24.3 Å². The number of halogens is 1. The van der Waals surface area contributed by atoms with Gasteiger partial charge in [-0.05, 0) is 17.7 Å². The van der Waals surface area contributed by atoms with E-state index in [4.69, 9.17) is 22.1 Å². The first-order valence-electron chi connectivity index (χ1n) is 3.70. The van der Waals surface area contributed by atoms with E-state index >= 15 is 0 Å². The standard InChI is InChI=1S/C9H8ClNO2/c10-8-3-1-7(2-4-8)5-9(6-11)13-12/h1-4,9,12H,5H2/t9-/m0/s1. The Morgan fingerprint density at radius 2 is 2.08 bits per heavy atom. The van der Waals surface area contributed by atoms with Crippen molar-refractivity contribution in [1.29, 1.82) is 5.26 Å². The van der Waals surface area contributed by atoms with Gasteiger partial charge in [-0.15, -0.1) is 0 Å². The highest BCUT2D eigenvalue weighted by molar-refractivity contribution is 6.30. The van der Waals surface area contributed by atoms with Gasteiger partial charge in [-0.1, -0.05) is 23.7 Å². The van der Waals surface area contributed by atoms with Crippen molar-refractivity contribution in [1.82, 2.24) is 0 Å². The van der Waals surface area contributed by atoms with E-state index in [0.29, 0.717) is 11.4 Å². The van der Waals surface area contributed by atoms with Crippen molar-refractivity contribution in [3.63, 3.8) is 0 Å². The molecule has 0 saturated heterocycles. The van der Waals surface area contributed by atoms with Crippen molar-refractivity contribution in [3.05, 3.63) is 34.9 Å². The fourth-order valence-corrected chi connectivity index (χ4v) is 1.07. The molecule has 13 heavy (non-hydrogen) atoms. The first-order valence-corrected chi connectivity index (χ1v) is 4.08. The number of rotatable bonds is 3. The van der Waals surface area contributed by atoms with Gasteiger partial charge in [0.2, 0.25) is 0 Å². The van der Waals surface area contributed by atoms with E-state index < -0.39 is 6.10 Å². The van der Waals surface area contributed by atoms with Crippen LogP contribution in [-0.4, -0.2) is 11.4 Å². The first-order chi connectivity index (χ1) is 6.26. The number of nitriles is 1. The van der Waals surface area contributed by atoms with E-state index in [0.717, 1.165) is 5.56 Å². The minimum absolute atomic E-state index is 0.351. The van der Waals surface area contributed by atoms with Gasteiger partial charge >= 0.3 is 0 Å². The molecular formula is C9H8ClNO2. The Morgan fingerprint density at radius 1 is 1.46 bits per heavy atom. The van der Waals surface area contributed by atoms with Gasteiger partial charge in [0.1, 0.15) is 0 Å². The van der Waals surface area contributed by atoms with Crippen LogP contribution in [0.15, 0.2) is 24.3 Å². The summed E-state index contributed by atoms with van der Waals surface area (Å²) in [4.78, 5) is 3.94. The molecule has 0 bridgehead atoms. The average molecular weight is 198 g/mol. The van der Waals surface area contributed by atoms with Gasteiger partial charge in [-0.2, -0.15) is 5.26 Å². The van der Waals surface area contributed by atoms with Gasteiger partial charge < -0.3 is 0 Å². The maximum Gasteiger partial charge on any atom is 0.182 e. The van der Waals surface area contributed by atoms with Crippen LogP contribution in [0, 0.1) is 11.3 Å². The minimum Gasteiger partial charge on any atom is -0.250 e. The molecule has 68 valence electrons. The van der Waals surface area contributed by atoms with Crippen LogP contribution >= 0.6 is 11.6 Å². The number of nitrogens with zero attached hydrogens (tertiary/aromatic N) is 1. The highest BCUT2D eigenvalue weighted by Gasteiger charge is 2.07. The molecule has 3 nitrogen and oxygen atoms in total. The largest absolute Gasteiger partial charge is 0.250 e. The summed E-state index contributed by atoms with van der Waals surface area (Å²) in [6.07, 6.45) is -0.467. The molecule has 1 N–H and O–H groups in total. The second-order valence-electron chi connectivity index (χ2n) is 2.55. The summed E-state index contributed by atoms with van der Waals surface area (Å²) in [5.74, 6) is 0. The van der Waals surface area contributed by atoms with Crippen molar-refractivity contribution in [2.24, 2.45) is 0 Å². The van der Waals surface area contributed by atoms with Crippen LogP contribution in [0.5, 0.6) is 0 Å². The summed E-state index contributed by atoms with van der Waals surface area (Å²) in [6, 6.07) is 8.83. The molecule has 0 fully saturated rings.